The van der Waals surface area contributed by atoms with Gasteiger partial charge < -0.3 is 9.47 Å². The van der Waals surface area contributed by atoms with Gasteiger partial charge in [0, 0.05) is 0 Å². The van der Waals surface area contributed by atoms with Crippen LogP contribution in [0.4, 0.5) is 0 Å². The zero-order valence-electron chi connectivity index (χ0n) is 13.8. The summed E-state index contributed by atoms with van der Waals surface area (Å²) in [5.74, 6) is 0.361. The second-order valence-corrected chi connectivity index (χ2v) is 6.75. The summed E-state index contributed by atoms with van der Waals surface area (Å²) in [6, 6.07) is 19.7. The number of rotatable bonds is 5. The van der Waals surface area contributed by atoms with Crippen LogP contribution in [0, 0.1) is 3.57 Å². The lowest BCUT2D eigenvalue weighted by atomic mass is 10.0. The fraction of sp³-hybridized carbons (Fsp3) is 0.0952. The lowest BCUT2D eigenvalue weighted by Gasteiger charge is -2.12. The predicted molar refractivity (Wildman–Crippen MR) is 109 cm³/mol. The molecule has 3 aromatic carbocycles. The summed E-state index contributed by atoms with van der Waals surface area (Å²) < 4.78 is 11.5. The van der Waals surface area contributed by atoms with Crippen LogP contribution >= 0.6 is 22.6 Å². The predicted octanol–water partition coefficient (Wildman–Crippen LogP) is 5.32. The molecule has 0 N–H and O–H groups in total. The molecule has 3 aromatic rings. The number of methoxy groups -OCH3 is 1. The molecule has 0 aliphatic carbocycles. The first-order chi connectivity index (χ1) is 12.1. The van der Waals surface area contributed by atoms with Crippen molar-refractivity contribution in [1.82, 2.24) is 0 Å². The van der Waals surface area contributed by atoms with Crippen LogP contribution in [0.15, 0.2) is 67.2 Å². The first kappa shape index (κ1) is 17.5. The minimum Gasteiger partial charge on any atom is -0.488 e. The molecular weight excluding hydrogens is 427 g/mol. The molecule has 3 nitrogen and oxygen atoms in total. The maximum Gasteiger partial charge on any atom is 0.337 e. The summed E-state index contributed by atoms with van der Waals surface area (Å²) >= 11 is 2.15. The highest BCUT2D eigenvalue weighted by Crippen LogP contribution is 2.25. The molecule has 0 aliphatic heterocycles. The van der Waals surface area contributed by atoms with E-state index in [0.29, 0.717) is 12.2 Å². The van der Waals surface area contributed by atoms with Gasteiger partial charge in [-0.05, 0) is 68.8 Å². The third kappa shape index (κ3) is 4.02. The normalized spacial score (nSPS) is 10.5. The molecule has 0 spiro atoms. The van der Waals surface area contributed by atoms with E-state index < -0.39 is 0 Å². The molecular formula is C21H17IO3. The van der Waals surface area contributed by atoms with Gasteiger partial charge in [0.25, 0.3) is 0 Å². The van der Waals surface area contributed by atoms with E-state index in [1.54, 1.807) is 18.2 Å². The van der Waals surface area contributed by atoms with Crippen LogP contribution in [0.25, 0.3) is 16.3 Å². The Morgan fingerprint density at radius 3 is 2.44 bits per heavy atom. The summed E-state index contributed by atoms with van der Waals surface area (Å²) in [5, 5.41) is 2.38. The van der Waals surface area contributed by atoms with Crippen LogP contribution in [0.2, 0.25) is 0 Å². The largest absolute Gasteiger partial charge is 0.488 e. The van der Waals surface area contributed by atoms with Crippen LogP contribution in [-0.2, 0) is 4.74 Å². The molecule has 0 heterocycles. The molecule has 4 heteroatoms. The third-order valence-corrected chi connectivity index (χ3v) is 4.76. The van der Waals surface area contributed by atoms with Crippen molar-refractivity contribution < 1.29 is 14.3 Å². The van der Waals surface area contributed by atoms with Gasteiger partial charge in [0.05, 0.1) is 16.2 Å². The van der Waals surface area contributed by atoms with Crippen molar-refractivity contribution in [2.75, 3.05) is 13.7 Å². The first-order valence-electron chi connectivity index (χ1n) is 7.76. The smallest absolute Gasteiger partial charge is 0.337 e. The zero-order valence-corrected chi connectivity index (χ0v) is 15.9. The number of hydrogen-bond acceptors (Lipinski definition) is 3. The van der Waals surface area contributed by atoms with Crippen LogP contribution in [0.1, 0.15) is 15.9 Å². The maximum atomic E-state index is 11.6. The first-order valence-corrected chi connectivity index (χ1v) is 8.84. The number of benzene rings is 3. The molecule has 25 heavy (non-hydrogen) atoms. The number of esters is 1. The summed E-state index contributed by atoms with van der Waals surface area (Å²) in [5.41, 5.74) is 2.46. The topological polar surface area (TPSA) is 35.5 Å². The van der Waals surface area contributed by atoms with E-state index in [2.05, 4.69) is 59.5 Å². The van der Waals surface area contributed by atoms with Gasteiger partial charge in [-0.15, -0.1) is 0 Å². The third-order valence-electron chi connectivity index (χ3n) is 3.91. The molecule has 0 unspecified atom stereocenters. The number of hydrogen-bond donors (Lipinski definition) is 0. The molecule has 0 bridgehead atoms. The van der Waals surface area contributed by atoms with Crippen molar-refractivity contribution in [2.45, 2.75) is 0 Å². The van der Waals surface area contributed by atoms with Crippen molar-refractivity contribution in [3.63, 3.8) is 0 Å². The fourth-order valence-corrected chi connectivity index (χ4v) is 3.19. The molecule has 0 amide bonds. The van der Waals surface area contributed by atoms with Gasteiger partial charge >= 0.3 is 5.97 Å². The quantitative estimate of drug-likeness (QED) is 0.395. The molecule has 0 atom stereocenters. The van der Waals surface area contributed by atoms with E-state index >= 15 is 0 Å². The highest BCUT2D eigenvalue weighted by Gasteiger charge is 2.10. The maximum absolute atomic E-state index is 11.6. The monoisotopic (exact) mass is 444 g/mol. The van der Waals surface area contributed by atoms with E-state index in [0.717, 1.165) is 20.5 Å². The minimum absolute atomic E-state index is 0.356. The number of carbonyl (C=O) groups is 1. The summed E-state index contributed by atoms with van der Waals surface area (Å²) in [4.78, 5) is 11.6. The van der Waals surface area contributed by atoms with Gasteiger partial charge in [0.1, 0.15) is 12.4 Å². The Morgan fingerprint density at radius 1 is 1.00 bits per heavy atom. The summed E-state index contributed by atoms with van der Waals surface area (Å²) in [7, 11) is 1.37. The number of halogens is 1. The van der Waals surface area contributed by atoms with Gasteiger partial charge in [-0.1, -0.05) is 43.0 Å². The Morgan fingerprint density at radius 2 is 1.72 bits per heavy atom. The molecule has 0 radical (unpaired) electrons. The fourth-order valence-electron chi connectivity index (χ4n) is 2.52. The summed E-state index contributed by atoms with van der Waals surface area (Å²) in [6.45, 7) is 4.51. The van der Waals surface area contributed by atoms with Gasteiger partial charge in [-0.3, -0.25) is 0 Å². The van der Waals surface area contributed by atoms with Crippen molar-refractivity contribution in [2.24, 2.45) is 0 Å². The molecule has 0 aromatic heterocycles. The van der Waals surface area contributed by atoms with E-state index in [1.807, 2.05) is 12.1 Å². The van der Waals surface area contributed by atoms with Gasteiger partial charge in [0.2, 0.25) is 0 Å². The van der Waals surface area contributed by atoms with Crippen LogP contribution in [0.5, 0.6) is 5.75 Å². The SMILES string of the molecule is C=C(COc1ccc(C(=O)OC)cc1I)c1ccc2ccccc2c1. The lowest BCUT2D eigenvalue weighted by Crippen LogP contribution is -2.04. The molecule has 3 rings (SSSR count). The van der Waals surface area contributed by atoms with Crippen LogP contribution in [0.3, 0.4) is 0 Å². The Hall–Kier alpha value is -2.34. The van der Waals surface area contributed by atoms with Crippen LogP contribution in [-0.4, -0.2) is 19.7 Å². The lowest BCUT2D eigenvalue weighted by molar-refractivity contribution is 0.0600. The Kier molecular flexibility index (Phi) is 5.38. The molecule has 0 saturated carbocycles. The van der Waals surface area contributed by atoms with Gasteiger partial charge in [-0.2, -0.15) is 0 Å². The highest BCUT2D eigenvalue weighted by atomic mass is 127. The Labute approximate surface area is 160 Å². The minimum atomic E-state index is -0.356. The van der Waals surface area contributed by atoms with E-state index in [-0.39, 0.29) is 5.97 Å². The second kappa shape index (κ2) is 7.70. The highest BCUT2D eigenvalue weighted by molar-refractivity contribution is 14.1. The van der Waals surface area contributed by atoms with E-state index in [1.165, 1.54) is 17.9 Å². The molecule has 0 saturated heterocycles. The van der Waals surface area contributed by atoms with Crippen LogP contribution < -0.4 is 4.74 Å². The van der Waals surface area contributed by atoms with Crippen molar-refractivity contribution >= 4 is 44.9 Å². The Balaban J connectivity index is 1.72. The average molecular weight is 444 g/mol. The van der Waals surface area contributed by atoms with Crippen molar-refractivity contribution in [3.05, 3.63) is 81.9 Å². The number of fused-ring (bicyclic) bond motifs is 1. The molecule has 0 aliphatic rings. The number of ether oxygens (including phenoxy) is 2. The van der Waals surface area contributed by atoms with Crippen molar-refractivity contribution in [3.8, 4) is 5.75 Å². The van der Waals surface area contributed by atoms with Gasteiger partial charge in [-0.25, -0.2) is 4.79 Å². The second-order valence-electron chi connectivity index (χ2n) is 5.59. The van der Waals surface area contributed by atoms with Gasteiger partial charge in [0.15, 0.2) is 0 Å². The van der Waals surface area contributed by atoms with E-state index in [4.69, 9.17) is 9.47 Å². The molecule has 0 fully saturated rings. The van der Waals surface area contributed by atoms with E-state index in [9.17, 15) is 4.79 Å². The summed E-state index contributed by atoms with van der Waals surface area (Å²) in [6.07, 6.45) is 0. The average Bonchev–Trinajstić information content (AvgIpc) is 2.65. The number of carbonyl (C=O) groups excluding carboxylic acids is 1. The van der Waals surface area contributed by atoms with Crippen molar-refractivity contribution in [1.29, 1.82) is 0 Å². The molecule has 126 valence electrons. The standard InChI is InChI=1S/C21H17IO3/c1-14(16-8-7-15-5-3-4-6-17(15)11-16)13-25-20-10-9-18(12-19(20)22)21(23)24-2/h3-12H,1,13H2,2H3. The zero-order chi connectivity index (χ0) is 17.8. The Bertz CT molecular complexity index is 947.